The van der Waals surface area contributed by atoms with Crippen LogP contribution in [0.1, 0.15) is 121 Å². The third kappa shape index (κ3) is 18.1. The highest BCUT2D eigenvalue weighted by atomic mass is 32.2. The zero-order valence-corrected chi connectivity index (χ0v) is 44.5. The first-order valence-corrected chi connectivity index (χ1v) is 28.3. The van der Waals surface area contributed by atoms with Crippen molar-refractivity contribution in [2.45, 2.75) is 127 Å². The van der Waals surface area contributed by atoms with Gasteiger partial charge in [-0.25, -0.2) is 4.79 Å². The van der Waals surface area contributed by atoms with Crippen LogP contribution in [0.2, 0.25) is 0 Å². The van der Waals surface area contributed by atoms with E-state index in [4.69, 9.17) is 17.7 Å². The molecule has 0 saturated heterocycles. The first-order chi connectivity index (χ1) is 34.4. The fourth-order valence-electron chi connectivity index (χ4n) is 9.09. The van der Waals surface area contributed by atoms with Gasteiger partial charge in [-0.15, -0.1) is 12.6 Å². The lowest BCUT2D eigenvalue weighted by Gasteiger charge is -2.30. The van der Waals surface area contributed by atoms with Gasteiger partial charge in [-0.05, 0) is 96.1 Å². The molecule has 1 amide bonds. The predicted octanol–water partition coefficient (Wildman–Crippen LogP) is 6.18. The number of fused-ring (bicyclic) bond motifs is 2. The van der Waals surface area contributed by atoms with E-state index in [0.717, 1.165) is 57.2 Å². The van der Waals surface area contributed by atoms with Crippen molar-refractivity contribution in [3.8, 4) is 0 Å². The lowest BCUT2D eigenvalue weighted by atomic mass is 9.76. The molecule has 0 fully saturated rings. The first-order valence-electron chi connectivity index (χ1n) is 24.2. The van der Waals surface area contributed by atoms with Crippen LogP contribution in [0, 0.1) is 6.92 Å². The first kappa shape index (κ1) is 59.5. The number of carboxylic acid groups (broad SMARTS) is 1. The Morgan fingerprint density at radius 3 is 2.22 bits per heavy atom. The standard InChI is InChI=1S/C49H68N8O10S2.O3S/c1-6-30-56-40-24-22-35(2)33-38(40)49(5,26-14-8-12-20-43(58)50-28-16-29-52-46-53-45(54-47(61)55-46)51-27-15-9-13-21-44(59)60)42(56)19-11-7-10-18-41-48(3,4)37-34-36(69(65,66)67)23-25-39(37)57(41)31-17-32-68(62,63)64;1-4(2)3/h7,10-11,18-19,22-25,33-34H,6,8-9,12-17,20-21,26-32H2,1-5H3,(H6-,50,51,52,53,54,55,58,59,60,61,62,63,64,65,66,67);/p+1. The molecule has 7 N–H and O–H groups in total. The molecule has 0 saturated carbocycles. The van der Waals surface area contributed by atoms with Crippen LogP contribution in [0.3, 0.4) is 0 Å². The third-order valence-electron chi connectivity index (χ3n) is 12.6. The zero-order chi connectivity index (χ0) is 54.0. The smallest absolute Gasteiger partial charge is 0.425 e. The summed E-state index contributed by atoms with van der Waals surface area (Å²) < 4.78 is 93.8. The third-order valence-corrected chi connectivity index (χ3v) is 14.2. The van der Waals surface area contributed by atoms with Gasteiger partial charge in [-0.1, -0.05) is 62.1 Å². The van der Waals surface area contributed by atoms with Crippen LogP contribution in [0.5, 0.6) is 0 Å². The second kappa shape index (κ2) is 27.3. The van der Waals surface area contributed by atoms with Crippen molar-refractivity contribution < 1.29 is 57.8 Å². The minimum Gasteiger partial charge on any atom is -0.481 e. The molecule has 1 aromatic heterocycles. The summed E-state index contributed by atoms with van der Waals surface area (Å²) in [6.07, 6.45) is 17.6. The van der Waals surface area contributed by atoms with E-state index in [1.54, 1.807) is 6.07 Å². The van der Waals surface area contributed by atoms with E-state index < -0.39 is 53.7 Å². The van der Waals surface area contributed by atoms with E-state index in [2.05, 4.69) is 80.8 Å². The van der Waals surface area contributed by atoms with Crippen LogP contribution in [0.15, 0.2) is 82.2 Å². The summed E-state index contributed by atoms with van der Waals surface area (Å²) in [5.74, 6) is -0.819. The van der Waals surface area contributed by atoms with Crippen molar-refractivity contribution in [2.75, 3.05) is 54.0 Å². The van der Waals surface area contributed by atoms with Gasteiger partial charge in [-0.2, -0.15) is 31.4 Å². The Morgan fingerprint density at radius 1 is 0.836 bits per heavy atom. The van der Waals surface area contributed by atoms with Gasteiger partial charge in [0.05, 0.1) is 16.1 Å². The van der Waals surface area contributed by atoms with Gasteiger partial charge < -0.3 is 26.0 Å². The van der Waals surface area contributed by atoms with Crippen LogP contribution in [-0.4, -0.2) is 119 Å². The summed E-state index contributed by atoms with van der Waals surface area (Å²) in [4.78, 5) is 48.3. The number of rotatable bonds is 28. The van der Waals surface area contributed by atoms with Crippen LogP contribution in [0.4, 0.5) is 23.3 Å². The maximum Gasteiger partial charge on any atom is 0.425 e. The van der Waals surface area contributed by atoms with E-state index in [-0.39, 0.29) is 47.5 Å². The lowest BCUT2D eigenvalue weighted by molar-refractivity contribution is -0.437. The van der Waals surface area contributed by atoms with Gasteiger partial charge in [0.2, 0.25) is 23.5 Å². The van der Waals surface area contributed by atoms with Crippen LogP contribution in [-0.2, 0) is 51.3 Å². The molecule has 21 nitrogen and oxygen atoms in total. The summed E-state index contributed by atoms with van der Waals surface area (Å²) in [5.41, 5.74) is 5.39. The van der Waals surface area contributed by atoms with E-state index in [1.807, 2.05) is 42.7 Å². The molecular formula is C49H69N8O13S3+. The highest BCUT2D eigenvalue weighted by Crippen LogP contribution is 2.51. The molecule has 1 atom stereocenters. The van der Waals surface area contributed by atoms with Crippen molar-refractivity contribution in [3.63, 3.8) is 0 Å². The number of amides is 1. The van der Waals surface area contributed by atoms with Gasteiger partial charge >= 0.3 is 22.3 Å². The van der Waals surface area contributed by atoms with E-state index in [0.29, 0.717) is 50.1 Å². The molecule has 3 heterocycles. The normalized spacial score (nSPS) is 16.6. The van der Waals surface area contributed by atoms with Crippen molar-refractivity contribution in [2.24, 2.45) is 0 Å². The van der Waals surface area contributed by atoms with E-state index in [9.17, 15) is 40.3 Å². The fraction of sp³-hybridized carbons (Fsp3) is 0.510. The van der Waals surface area contributed by atoms with Crippen molar-refractivity contribution in [3.05, 3.63) is 99.6 Å². The number of aromatic nitrogens is 3. The highest BCUT2D eigenvalue weighted by molar-refractivity contribution is 7.86. The number of allylic oxidation sites excluding steroid dienone is 6. The number of benzene rings is 2. The number of nitrogens with zero attached hydrogens (tertiary/aromatic N) is 4. The van der Waals surface area contributed by atoms with E-state index >= 15 is 0 Å². The minimum atomic E-state index is -4.47. The van der Waals surface area contributed by atoms with Crippen molar-refractivity contribution in [1.82, 2.24) is 20.3 Å². The molecule has 0 spiro atoms. The summed E-state index contributed by atoms with van der Waals surface area (Å²) in [6, 6.07) is 11.0. The number of carbonyl (C=O) groups is 2. The molecule has 3 aromatic rings. The van der Waals surface area contributed by atoms with Crippen molar-refractivity contribution in [1.29, 1.82) is 0 Å². The number of aliphatic carboxylic acids is 1. The number of hydrogen-bond acceptors (Lipinski definition) is 15. The Balaban J connectivity index is 0.00000278. The second-order valence-electron chi connectivity index (χ2n) is 18.6. The Morgan fingerprint density at radius 2 is 1.53 bits per heavy atom. The molecule has 1 unspecified atom stereocenters. The number of anilines is 3. The molecule has 0 radical (unpaired) electrons. The Bertz CT molecular complexity index is 2970. The molecule has 24 heteroatoms. The quantitative estimate of drug-likeness (QED) is 0.0185. The summed E-state index contributed by atoms with van der Waals surface area (Å²) in [5, 5.41) is 17.8. The zero-order valence-electron chi connectivity index (χ0n) is 42.0. The van der Waals surface area contributed by atoms with Gasteiger partial charge in [0.1, 0.15) is 6.54 Å². The molecule has 2 aliphatic heterocycles. The number of H-pyrrole nitrogens is 1. The fourth-order valence-corrected chi connectivity index (χ4v) is 10.1. The predicted molar refractivity (Wildman–Crippen MR) is 279 cm³/mol. The van der Waals surface area contributed by atoms with Crippen LogP contribution in [0.25, 0.3) is 0 Å². The Hall–Kier alpha value is -6.08. The summed E-state index contributed by atoms with van der Waals surface area (Å²) in [7, 11) is -11.8. The Kier molecular flexibility index (Phi) is 22.2. The highest BCUT2D eigenvalue weighted by Gasteiger charge is 2.45. The summed E-state index contributed by atoms with van der Waals surface area (Å²) >= 11 is 0. The van der Waals surface area contributed by atoms with Gasteiger partial charge in [0, 0.05) is 79.9 Å². The SMILES string of the molecule is CCCN1C(=CC=CC=CC2=[N+](CCCS(=O)(=O)O)c3ccc(S(=O)(=O)O)cc3C2(C)C)C(C)(CCCCCC(=O)NCCCNc2nc(NCCCCCC(=O)O)[nH]c(=O)n2)c2cc(C)ccc21.O=S(=O)=O. The molecule has 5 rings (SSSR count). The topological polar surface area (TPSA) is 315 Å². The number of hydrogen-bond donors (Lipinski definition) is 7. The largest absolute Gasteiger partial charge is 0.481 e. The van der Waals surface area contributed by atoms with Crippen LogP contribution >= 0.6 is 0 Å². The van der Waals surface area contributed by atoms with Gasteiger partial charge in [0.25, 0.3) is 20.2 Å². The minimum absolute atomic E-state index is 0.0229. The number of nitrogens with one attached hydrogen (secondary N) is 4. The monoisotopic (exact) mass is 1070 g/mol. The molecule has 0 bridgehead atoms. The number of carbonyl (C=O) groups excluding carboxylic acids is 1. The molecule has 0 aliphatic carbocycles. The van der Waals surface area contributed by atoms with Gasteiger partial charge in [0.15, 0.2) is 5.71 Å². The van der Waals surface area contributed by atoms with Gasteiger partial charge in [-0.3, -0.25) is 23.7 Å². The number of aromatic amines is 1. The van der Waals surface area contributed by atoms with Crippen LogP contribution < -0.4 is 26.5 Å². The molecular weight excluding hydrogens is 1000 g/mol. The second-order valence-corrected chi connectivity index (χ2v) is 22.0. The molecule has 73 heavy (non-hydrogen) atoms. The number of carboxylic acids is 1. The number of unbranched alkanes of at least 4 members (excludes halogenated alkanes) is 4. The number of aryl methyl sites for hydroxylation is 1. The lowest BCUT2D eigenvalue weighted by Crippen LogP contribution is -2.29. The molecule has 400 valence electrons. The summed E-state index contributed by atoms with van der Waals surface area (Å²) in [6.45, 7) is 12.9. The Labute approximate surface area is 429 Å². The average molecular weight is 1070 g/mol. The average Bonchev–Trinajstić information content (AvgIpc) is 3.64. The molecule has 2 aromatic carbocycles. The maximum atomic E-state index is 12.8. The van der Waals surface area contributed by atoms with Crippen molar-refractivity contribution >= 4 is 71.7 Å². The molecule has 2 aliphatic rings. The van der Waals surface area contributed by atoms with E-state index in [1.165, 1.54) is 34.6 Å². The maximum absolute atomic E-state index is 12.8.